The van der Waals surface area contributed by atoms with Gasteiger partial charge in [0.25, 0.3) is 0 Å². The number of hydrogen-bond acceptors (Lipinski definition) is 4. The first kappa shape index (κ1) is 20.9. The molecule has 4 N–H and O–H groups in total. The molecule has 1 aromatic rings. The van der Waals surface area contributed by atoms with Crippen LogP contribution in [-0.2, 0) is 20.8 Å². The second-order valence-corrected chi connectivity index (χ2v) is 7.51. The van der Waals surface area contributed by atoms with Gasteiger partial charge < -0.3 is 21.1 Å². The number of carbonyl (C=O) groups excluding carboxylic acids is 2. The van der Waals surface area contributed by atoms with Crippen LogP contribution in [-0.4, -0.2) is 52.5 Å². The van der Waals surface area contributed by atoms with Gasteiger partial charge in [-0.2, -0.15) is 0 Å². The number of benzene rings is 1. The molecule has 0 spiro atoms. The number of nitrogens with one attached hydrogen (secondary N) is 1. The highest BCUT2D eigenvalue weighted by Gasteiger charge is 2.37. The zero-order valence-electron chi connectivity index (χ0n) is 15.9. The number of amides is 2. The van der Waals surface area contributed by atoms with Crippen LogP contribution in [0.25, 0.3) is 0 Å². The molecule has 0 radical (unpaired) electrons. The molecule has 1 aromatic carbocycles. The fourth-order valence-corrected chi connectivity index (χ4v) is 3.44. The van der Waals surface area contributed by atoms with Crippen molar-refractivity contribution >= 4 is 17.8 Å². The number of nitrogens with two attached hydrogens (primary N) is 1. The number of hydrogen-bond donors (Lipinski definition) is 3. The Kier molecular flexibility index (Phi) is 7.36. The average molecular weight is 375 g/mol. The zero-order valence-corrected chi connectivity index (χ0v) is 15.9. The summed E-state index contributed by atoms with van der Waals surface area (Å²) in [5.41, 5.74) is 6.82. The van der Waals surface area contributed by atoms with Crippen molar-refractivity contribution < 1.29 is 19.5 Å². The van der Waals surface area contributed by atoms with Crippen molar-refractivity contribution in [1.29, 1.82) is 0 Å². The Labute approximate surface area is 159 Å². The summed E-state index contributed by atoms with van der Waals surface area (Å²) in [6.07, 6.45) is 1.96. The van der Waals surface area contributed by atoms with Gasteiger partial charge in [-0.1, -0.05) is 44.2 Å². The average Bonchev–Trinajstić information content (AvgIpc) is 3.10. The van der Waals surface area contributed by atoms with Crippen LogP contribution in [0.15, 0.2) is 30.3 Å². The van der Waals surface area contributed by atoms with E-state index < -0.39 is 30.0 Å². The molecular weight excluding hydrogens is 346 g/mol. The van der Waals surface area contributed by atoms with Gasteiger partial charge in [0, 0.05) is 13.0 Å². The summed E-state index contributed by atoms with van der Waals surface area (Å²) in [6, 6.07) is 6.79. The molecule has 2 amide bonds. The van der Waals surface area contributed by atoms with E-state index in [4.69, 9.17) is 5.73 Å². The Hall–Kier alpha value is -2.41. The second kappa shape index (κ2) is 9.50. The van der Waals surface area contributed by atoms with Crippen molar-refractivity contribution in [3.8, 4) is 0 Å². The van der Waals surface area contributed by atoms with Crippen molar-refractivity contribution in [3.05, 3.63) is 35.9 Å². The van der Waals surface area contributed by atoms with Crippen LogP contribution in [0.5, 0.6) is 0 Å². The third kappa shape index (κ3) is 5.79. The molecular formula is C20H29N3O4. The predicted octanol–water partition coefficient (Wildman–Crippen LogP) is 1.16. The van der Waals surface area contributed by atoms with Crippen LogP contribution in [0.1, 0.15) is 38.7 Å². The molecule has 148 valence electrons. The lowest BCUT2D eigenvalue weighted by Crippen LogP contribution is -2.54. The summed E-state index contributed by atoms with van der Waals surface area (Å²) in [5.74, 6) is -1.49. The van der Waals surface area contributed by atoms with Crippen LogP contribution in [0.4, 0.5) is 0 Å². The predicted molar refractivity (Wildman–Crippen MR) is 102 cm³/mol. The number of carboxylic acid groups (broad SMARTS) is 1. The van der Waals surface area contributed by atoms with Gasteiger partial charge in [-0.25, -0.2) is 4.79 Å². The summed E-state index contributed by atoms with van der Waals surface area (Å²) < 4.78 is 0. The molecule has 2 rings (SSSR count). The number of aliphatic carboxylic acids is 1. The molecule has 7 heteroatoms. The maximum absolute atomic E-state index is 12.7. The molecule has 1 aliphatic heterocycles. The van der Waals surface area contributed by atoms with Crippen molar-refractivity contribution in [2.24, 2.45) is 11.7 Å². The molecule has 3 unspecified atom stereocenters. The molecule has 0 aromatic heterocycles. The normalized spacial score (nSPS) is 19.0. The molecule has 0 bridgehead atoms. The quantitative estimate of drug-likeness (QED) is 0.631. The summed E-state index contributed by atoms with van der Waals surface area (Å²) in [7, 11) is 0. The zero-order chi connectivity index (χ0) is 20.0. The minimum atomic E-state index is -1.10. The van der Waals surface area contributed by atoms with Gasteiger partial charge in [0.05, 0.1) is 6.04 Å². The summed E-state index contributed by atoms with van der Waals surface area (Å²) in [4.78, 5) is 38.4. The van der Waals surface area contributed by atoms with Crippen LogP contribution in [0.3, 0.4) is 0 Å². The van der Waals surface area contributed by atoms with E-state index in [9.17, 15) is 19.5 Å². The topological polar surface area (TPSA) is 113 Å². The molecule has 1 heterocycles. The van der Waals surface area contributed by atoms with E-state index in [2.05, 4.69) is 5.32 Å². The highest BCUT2D eigenvalue weighted by atomic mass is 16.4. The van der Waals surface area contributed by atoms with Crippen LogP contribution >= 0.6 is 0 Å². The summed E-state index contributed by atoms with van der Waals surface area (Å²) in [6.45, 7) is 4.45. The SMILES string of the molecule is CC(C)CC(N)C(=O)N1CCCC1C(=O)NC(Cc1ccccc1)C(=O)O. The monoisotopic (exact) mass is 375 g/mol. The Bertz CT molecular complexity index is 662. The van der Waals surface area contributed by atoms with Gasteiger partial charge in [-0.3, -0.25) is 9.59 Å². The standard InChI is InChI=1S/C20H29N3O4/c1-13(2)11-15(21)19(25)23-10-6-9-17(23)18(24)22-16(20(26)27)12-14-7-4-3-5-8-14/h3-5,7-8,13,15-17H,6,9-12,21H2,1-2H3,(H,22,24)(H,26,27). The van der Waals surface area contributed by atoms with E-state index in [1.807, 2.05) is 44.2 Å². The van der Waals surface area contributed by atoms with Crippen molar-refractivity contribution in [1.82, 2.24) is 10.2 Å². The maximum Gasteiger partial charge on any atom is 0.326 e. The van der Waals surface area contributed by atoms with Crippen molar-refractivity contribution in [3.63, 3.8) is 0 Å². The number of rotatable bonds is 8. The maximum atomic E-state index is 12.7. The van der Waals surface area contributed by atoms with Crippen molar-refractivity contribution in [2.75, 3.05) is 6.54 Å². The lowest BCUT2D eigenvalue weighted by atomic mass is 10.0. The van der Waals surface area contributed by atoms with E-state index in [0.29, 0.717) is 25.8 Å². The minimum absolute atomic E-state index is 0.190. The summed E-state index contributed by atoms with van der Waals surface area (Å²) in [5, 5.41) is 12.1. The van der Waals surface area contributed by atoms with E-state index in [-0.39, 0.29) is 18.2 Å². The van der Waals surface area contributed by atoms with Crippen LogP contribution < -0.4 is 11.1 Å². The number of carbonyl (C=O) groups is 3. The second-order valence-electron chi connectivity index (χ2n) is 7.51. The first-order chi connectivity index (χ1) is 12.8. The first-order valence-corrected chi connectivity index (χ1v) is 9.42. The number of nitrogens with zero attached hydrogens (tertiary/aromatic N) is 1. The van der Waals surface area contributed by atoms with E-state index in [1.54, 1.807) is 0 Å². The highest BCUT2D eigenvalue weighted by Crippen LogP contribution is 2.20. The van der Waals surface area contributed by atoms with Gasteiger partial charge >= 0.3 is 5.97 Å². The van der Waals surface area contributed by atoms with Crippen molar-refractivity contribution in [2.45, 2.75) is 57.7 Å². The Morgan fingerprint density at radius 2 is 1.93 bits per heavy atom. The van der Waals surface area contributed by atoms with Gasteiger partial charge in [0.1, 0.15) is 12.1 Å². The van der Waals surface area contributed by atoms with Gasteiger partial charge in [0.2, 0.25) is 11.8 Å². The molecule has 1 saturated heterocycles. The van der Waals surface area contributed by atoms with Gasteiger partial charge in [-0.05, 0) is 30.7 Å². The number of likely N-dealkylation sites (tertiary alicyclic amines) is 1. The molecule has 27 heavy (non-hydrogen) atoms. The fraction of sp³-hybridized carbons (Fsp3) is 0.550. The van der Waals surface area contributed by atoms with E-state index in [0.717, 1.165) is 5.56 Å². The largest absolute Gasteiger partial charge is 0.480 e. The first-order valence-electron chi connectivity index (χ1n) is 9.42. The lowest BCUT2D eigenvalue weighted by Gasteiger charge is -2.28. The van der Waals surface area contributed by atoms with Gasteiger partial charge in [0.15, 0.2) is 0 Å². The molecule has 1 aliphatic rings. The van der Waals surface area contributed by atoms with Gasteiger partial charge in [-0.15, -0.1) is 0 Å². The van der Waals surface area contributed by atoms with Crippen LogP contribution in [0.2, 0.25) is 0 Å². The number of carboxylic acids is 1. The molecule has 7 nitrogen and oxygen atoms in total. The Morgan fingerprint density at radius 1 is 1.26 bits per heavy atom. The molecule has 3 atom stereocenters. The van der Waals surface area contributed by atoms with Crippen LogP contribution in [0, 0.1) is 5.92 Å². The minimum Gasteiger partial charge on any atom is -0.480 e. The lowest BCUT2D eigenvalue weighted by molar-refractivity contribution is -0.144. The van der Waals surface area contributed by atoms with E-state index in [1.165, 1.54) is 4.90 Å². The fourth-order valence-electron chi connectivity index (χ4n) is 3.44. The molecule has 0 aliphatic carbocycles. The molecule has 1 fully saturated rings. The Morgan fingerprint density at radius 3 is 2.52 bits per heavy atom. The summed E-state index contributed by atoms with van der Waals surface area (Å²) >= 11 is 0. The third-order valence-electron chi connectivity index (χ3n) is 4.78. The highest BCUT2D eigenvalue weighted by molar-refractivity contribution is 5.92. The third-order valence-corrected chi connectivity index (χ3v) is 4.78. The van der Waals surface area contributed by atoms with E-state index >= 15 is 0 Å². The smallest absolute Gasteiger partial charge is 0.326 e. The Balaban J connectivity index is 2.03. The molecule has 0 saturated carbocycles.